The molecule has 0 aliphatic carbocycles. The van der Waals surface area contributed by atoms with Crippen LogP contribution in [0.1, 0.15) is 31.1 Å². The van der Waals surface area contributed by atoms with Gasteiger partial charge in [-0.1, -0.05) is 13.8 Å². The maximum absolute atomic E-state index is 12.9. The van der Waals surface area contributed by atoms with E-state index in [4.69, 9.17) is 0 Å². The van der Waals surface area contributed by atoms with Gasteiger partial charge in [0.25, 0.3) is 0 Å². The lowest BCUT2D eigenvalue weighted by molar-refractivity contribution is 0.0836. The number of hydrogen-bond acceptors (Lipinski definition) is 3. The van der Waals surface area contributed by atoms with Gasteiger partial charge in [-0.3, -0.25) is 9.69 Å². The molecule has 1 aliphatic rings. The minimum absolute atomic E-state index is 0.0753. The molecule has 2 nitrogen and oxygen atoms in total. The van der Waals surface area contributed by atoms with Gasteiger partial charge < -0.3 is 0 Å². The van der Waals surface area contributed by atoms with Gasteiger partial charge in [-0.25, -0.2) is 4.39 Å². The summed E-state index contributed by atoms with van der Waals surface area (Å²) < 4.78 is 12.9. The molecule has 19 heavy (non-hydrogen) atoms. The van der Waals surface area contributed by atoms with Gasteiger partial charge in [-0.2, -0.15) is 11.8 Å². The lowest BCUT2D eigenvalue weighted by Crippen LogP contribution is -2.48. The van der Waals surface area contributed by atoms with Crippen molar-refractivity contribution in [2.75, 3.05) is 13.1 Å². The van der Waals surface area contributed by atoms with E-state index in [-0.39, 0.29) is 17.6 Å². The van der Waals surface area contributed by atoms with Crippen molar-refractivity contribution < 1.29 is 9.18 Å². The zero-order valence-corrected chi connectivity index (χ0v) is 12.4. The fourth-order valence-electron chi connectivity index (χ4n) is 2.56. The molecule has 0 aromatic heterocycles. The second-order valence-corrected chi connectivity index (χ2v) is 7.14. The molecule has 0 radical (unpaired) electrons. The fourth-order valence-corrected chi connectivity index (χ4v) is 3.90. The van der Waals surface area contributed by atoms with Crippen LogP contribution >= 0.6 is 11.8 Å². The van der Waals surface area contributed by atoms with Gasteiger partial charge >= 0.3 is 0 Å². The molecule has 2 rings (SSSR count). The van der Waals surface area contributed by atoms with Crippen molar-refractivity contribution in [3.63, 3.8) is 0 Å². The number of thioether (sulfide) groups is 1. The topological polar surface area (TPSA) is 20.3 Å². The van der Waals surface area contributed by atoms with Crippen molar-refractivity contribution in [1.29, 1.82) is 0 Å². The Morgan fingerprint density at radius 1 is 1.26 bits per heavy atom. The maximum atomic E-state index is 12.9. The van der Waals surface area contributed by atoms with Crippen LogP contribution in [0.2, 0.25) is 0 Å². The molecule has 0 bridgehead atoms. The average Bonchev–Trinajstić information content (AvgIpc) is 2.37. The summed E-state index contributed by atoms with van der Waals surface area (Å²) in [6, 6.07) is 5.68. The Bertz CT molecular complexity index is 438. The fraction of sp³-hybridized carbons (Fsp3) is 0.533. The predicted octanol–water partition coefficient (Wildman–Crippen LogP) is 3.22. The Morgan fingerprint density at radius 3 is 2.32 bits per heavy atom. The third kappa shape index (κ3) is 3.57. The molecule has 0 N–H and O–H groups in total. The molecule has 1 aromatic rings. The van der Waals surface area contributed by atoms with E-state index < -0.39 is 0 Å². The van der Waals surface area contributed by atoms with Crippen LogP contribution in [-0.2, 0) is 0 Å². The quantitative estimate of drug-likeness (QED) is 0.793. The molecule has 1 aliphatic heterocycles. The zero-order chi connectivity index (χ0) is 14.0. The van der Waals surface area contributed by atoms with Gasteiger partial charge in [-0.15, -0.1) is 0 Å². The number of carbonyl (C=O) groups excluding carboxylic acids is 1. The van der Waals surface area contributed by atoms with Crippen molar-refractivity contribution in [2.45, 2.75) is 37.3 Å². The summed E-state index contributed by atoms with van der Waals surface area (Å²) in [6.07, 6.45) is 0. The zero-order valence-electron chi connectivity index (χ0n) is 11.6. The molecule has 1 saturated heterocycles. The number of halogens is 1. The van der Waals surface area contributed by atoms with Crippen LogP contribution in [0, 0.1) is 5.82 Å². The van der Waals surface area contributed by atoms with Gasteiger partial charge in [-0.05, 0) is 31.2 Å². The smallest absolute Gasteiger partial charge is 0.179 e. The molecule has 0 amide bonds. The first-order valence-corrected chi connectivity index (χ1v) is 7.61. The average molecular weight is 281 g/mol. The lowest BCUT2D eigenvalue weighted by Gasteiger charge is -2.37. The van der Waals surface area contributed by atoms with E-state index in [0.29, 0.717) is 16.1 Å². The second kappa shape index (κ2) is 6.06. The van der Waals surface area contributed by atoms with Crippen LogP contribution in [0.15, 0.2) is 24.3 Å². The van der Waals surface area contributed by atoms with E-state index in [9.17, 15) is 9.18 Å². The first-order valence-electron chi connectivity index (χ1n) is 6.66. The van der Waals surface area contributed by atoms with Gasteiger partial charge in [0.15, 0.2) is 5.78 Å². The van der Waals surface area contributed by atoms with E-state index in [2.05, 4.69) is 18.7 Å². The van der Waals surface area contributed by atoms with E-state index in [1.807, 2.05) is 18.7 Å². The number of ketones is 1. The van der Waals surface area contributed by atoms with Gasteiger partial charge in [0.2, 0.25) is 0 Å². The predicted molar refractivity (Wildman–Crippen MR) is 78.3 cm³/mol. The van der Waals surface area contributed by atoms with Crippen LogP contribution in [0.5, 0.6) is 0 Å². The highest BCUT2D eigenvalue weighted by atomic mass is 32.2. The van der Waals surface area contributed by atoms with Crippen molar-refractivity contribution in [3.8, 4) is 0 Å². The monoisotopic (exact) mass is 281 g/mol. The second-order valence-electron chi connectivity index (χ2n) is 5.26. The van der Waals surface area contributed by atoms with Crippen molar-refractivity contribution in [3.05, 3.63) is 35.6 Å². The van der Waals surface area contributed by atoms with Gasteiger partial charge in [0.05, 0.1) is 6.04 Å². The number of carbonyl (C=O) groups is 1. The number of hydrogen-bond donors (Lipinski definition) is 0. The lowest BCUT2D eigenvalue weighted by atomic mass is 10.0. The Balaban J connectivity index is 2.08. The standard InChI is InChI=1S/C15H20FNOS/c1-10-8-17(9-11(2)19-10)12(3)15(18)13-4-6-14(16)7-5-13/h4-7,10-12H,8-9H2,1-3H3. The maximum Gasteiger partial charge on any atom is 0.179 e. The first-order chi connectivity index (χ1) is 8.97. The summed E-state index contributed by atoms with van der Waals surface area (Å²) in [5.41, 5.74) is 0.590. The van der Waals surface area contributed by atoms with E-state index in [0.717, 1.165) is 13.1 Å². The highest BCUT2D eigenvalue weighted by Crippen LogP contribution is 2.26. The molecule has 3 unspecified atom stereocenters. The van der Waals surface area contributed by atoms with Crippen molar-refractivity contribution in [2.24, 2.45) is 0 Å². The van der Waals surface area contributed by atoms with Crippen LogP contribution in [-0.4, -0.2) is 40.3 Å². The van der Waals surface area contributed by atoms with Crippen LogP contribution in [0.3, 0.4) is 0 Å². The highest BCUT2D eigenvalue weighted by Gasteiger charge is 2.29. The normalized spacial score (nSPS) is 26.1. The van der Waals surface area contributed by atoms with Gasteiger partial charge in [0, 0.05) is 29.2 Å². The Morgan fingerprint density at radius 2 is 1.79 bits per heavy atom. The minimum Gasteiger partial charge on any atom is -0.292 e. The Hall–Kier alpha value is -0.870. The molecule has 1 fully saturated rings. The SMILES string of the molecule is CC1CN(C(C)C(=O)c2ccc(F)cc2)CC(C)S1. The summed E-state index contributed by atoms with van der Waals surface area (Å²) in [6.45, 7) is 8.21. The number of rotatable bonds is 3. The summed E-state index contributed by atoms with van der Waals surface area (Å²) in [5, 5.41) is 1.10. The summed E-state index contributed by atoms with van der Waals surface area (Å²) >= 11 is 1.97. The summed E-state index contributed by atoms with van der Waals surface area (Å²) in [7, 11) is 0. The highest BCUT2D eigenvalue weighted by molar-refractivity contribution is 8.00. The van der Waals surface area contributed by atoms with Crippen molar-refractivity contribution in [1.82, 2.24) is 4.90 Å². The molecule has 3 atom stereocenters. The minimum atomic E-state index is -0.305. The Kier molecular flexibility index (Phi) is 4.63. The number of nitrogens with zero attached hydrogens (tertiary/aromatic N) is 1. The van der Waals surface area contributed by atoms with Crippen LogP contribution in [0.25, 0.3) is 0 Å². The third-order valence-corrected chi connectivity index (χ3v) is 4.73. The van der Waals surface area contributed by atoms with E-state index in [1.165, 1.54) is 12.1 Å². The largest absolute Gasteiger partial charge is 0.292 e. The molecule has 104 valence electrons. The van der Waals surface area contributed by atoms with E-state index >= 15 is 0 Å². The molecule has 1 heterocycles. The molecular formula is C15H20FNOS. The molecule has 4 heteroatoms. The van der Waals surface area contributed by atoms with Crippen LogP contribution in [0.4, 0.5) is 4.39 Å². The molecule has 0 spiro atoms. The van der Waals surface area contributed by atoms with Crippen molar-refractivity contribution >= 4 is 17.5 Å². The van der Waals surface area contributed by atoms with Crippen LogP contribution < -0.4 is 0 Å². The number of benzene rings is 1. The molecule has 0 saturated carbocycles. The van der Waals surface area contributed by atoms with Gasteiger partial charge in [0.1, 0.15) is 5.82 Å². The first kappa shape index (κ1) is 14.5. The third-order valence-electron chi connectivity index (χ3n) is 3.50. The molecule has 1 aromatic carbocycles. The van der Waals surface area contributed by atoms with E-state index in [1.54, 1.807) is 12.1 Å². The Labute approximate surface area is 118 Å². The summed E-state index contributed by atoms with van der Waals surface area (Å²) in [5.74, 6) is -0.230. The molecular weight excluding hydrogens is 261 g/mol. The summed E-state index contributed by atoms with van der Waals surface area (Å²) in [4.78, 5) is 14.6. The number of Topliss-reactive ketones (excluding diaryl/α,β-unsaturated/α-hetero) is 1.